The van der Waals surface area contributed by atoms with E-state index >= 15 is 0 Å². The Morgan fingerprint density at radius 2 is 2.04 bits per heavy atom. The molecule has 0 aliphatic carbocycles. The number of ether oxygens (including phenoxy) is 2. The highest BCUT2D eigenvalue weighted by Crippen LogP contribution is 2.35. The molecule has 8 heteroatoms. The summed E-state index contributed by atoms with van der Waals surface area (Å²) in [6.07, 6.45) is 1.71. The fraction of sp³-hybridized carbons (Fsp3) is 0.211. The smallest absolute Gasteiger partial charge is 0.229 e. The maximum Gasteiger partial charge on any atom is 0.229 e. The predicted molar refractivity (Wildman–Crippen MR) is 100 cm³/mol. The Bertz CT molecular complexity index is 971. The van der Waals surface area contributed by atoms with Crippen LogP contribution in [0, 0.1) is 0 Å². The number of carbonyl (C=O) groups excluding carboxylic acids is 1. The topological polar surface area (TPSA) is 78.3 Å². The number of aromatic nitrogens is 3. The van der Waals surface area contributed by atoms with Crippen LogP contribution in [0.25, 0.3) is 0 Å². The lowest BCUT2D eigenvalue weighted by Gasteiger charge is -2.24. The molecule has 0 bridgehead atoms. The van der Waals surface area contributed by atoms with Crippen molar-refractivity contribution in [1.82, 2.24) is 14.8 Å². The van der Waals surface area contributed by atoms with E-state index in [0.717, 1.165) is 11.1 Å². The molecule has 1 atom stereocenters. The van der Waals surface area contributed by atoms with Gasteiger partial charge in [-0.2, -0.15) is 10.1 Å². The van der Waals surface area contributed by atoms with Crippen LogP contribution in [0.3, 0.4) is 0 Å². The van der Waals surface area contributed by atoms with Gasteiger partial charge in [0.25, 0.3) is 0 Å². The number of nitrogens with one attached hydrogen (secondary N) is 1. The third-order valence-electron chi connectivity index (χ3n) is 4.38. The van der Waals surface area contributed by atoms with Crippen molar-refractivity contribution in [2.75, 3.05) is 12.4 Å². The van der Waals surface area contributed by atoms with Crippen molar-refractivity contribution in [3.8, 4) is 11.5 Å². The van der Waals surface area contributed by atoms with E-state index in [0.29, 0.717) is 29.1 Å². The molecule has 1 N–H and O–H groups in total. The molecule has 1 aliphatic rings. The number of nitrogens with zero attached hydrogens (tertiary/aromatic N) is 3. The Labute approximate surface area is 160 Å². The fourth-order valence-corrected chi connectivity index (χ4v) is 3.14. The molecule has 4 rings (SSSR count). The molecule has 0 saturated heterocycles. The quantitative estimate of drug-likeness (QED) is 0.729. The average Bonchev–Trinajstić information content (AvgIpc) is 3.15. The minimum atomic E-state index is -0.240. The minimum Gasteiger partial charge on any atom is -0.493 e. The van der Waals surface area contributed by atoms with E-state index < -0.39 is 0 Å². The van der Waals surface area contributed by atoms with Gasteiger partial charge in [-0.1, -0.05) is 29.8 Å². The van der Waals surface area contributed by atoms with Gasteiger partial charge in [0.2, 0.25) is 11.9 Å². The molecule has 0 radical (unpaired) electrons. The van der Waals surface area contributed by atoms with Crippen molar-refractivity contribution >= 4 is 23.5 Å². The highest BCUT2D eigenvalue weighted by molar-refractivity contribution is 6.30. The Balaban J connectivity index is 1.57. The highest BCUT2D eigenvalue weighted by Gasteiger charge is 2.28. The van der Waals surface area contributed by atoms with Crippen LogP contribution < -0.4 is 14.8 Å². The summed E-state index contributed by atoms with van der Waals surface area (Å²) in [5, 5.41) is 7.61. The number of rotatable bonds is 5. The van der Waals surface area contributed by atoms with E-state index in [1.807, 2.05) is 42.5 Å². The van der Waals surface area contributed by atoms with Crippen molar-refractivity contribution in [3.63, 3.8) is 0 Å². The molecule has 0 saturated carbocycles. The maximum atomic E-state index is 12.0. The zero-order chi connectivity index (χ0) is 18.8. The van der Waals surface area contributed by atoms with E-state index in [9.17, 15) is 4.79 Å². The summed E-state index contributed by atoms with van der Waals surface area (Å²) in [4.78, 5) is 16.0. The molecule has 27 heavy (non-hydrogen) atoms. The van der Waals surface area contributed by atoms with Gasteiger partial charge in [-0.25, -0.2) is 4.68 Å². The first-order valence-corrected chi connectivity index (χ1v) is 8.76. The number of fused-ring (bicyclic) bond motifs is 1. The van der Waals surface area contributed by atoms with Crippen LogP contribution in [-0.2, 0) is 11.4 Å². The second-order valence-corrected chi connectivity index (χ2v) is 6.56. The number of carbonyl (C=O) groups is 1. The summed E-state index contributed by atoms with van der Waals surface area (Å²) in [7, 11) is 1.59. The van der Waals surface area contributed by atoms with Gasteiger partial charge in [0, 0.05) is 5.02 Å². The molecule has 3 aromatic rings. The minimum absolute atomic E-state index is 0.0949. The van der Waals surface area contributed by atoms with E-state index in [2.05, 4.69) is 15.4 Å². The molecule has 1 aromatic heterocycles. The number of anilines is 1. The summed E-state index contributed by atoms with van der Waals surface area (Å²) < 4.78 is 13.1. The highest BCUT2D eigenvalue weighted by atomic mass is 35.5. The largest absolute Gasteiger partial charge is 0.493 e. The van der Waals surface area contributed by atoms with Gasteiger partial charge < -0.3 is 9.47 Å². The molecular formula is C19H17ClN4O3. The molecule has 0 fully saturated rings. The maximum absolute atomic E-state index is 12.0. The molecule has 138 valence electrons. The first kappa shape index (κ1) is 17.4. The average molecular weight is 385 g/mol. The molecule has 1 aliphatic heterocycles. The monoisotopic (exact) mass is 384 g/mol. The van der Waals surface area contributed by atoms with Crippen LogP contribution in [-0.4, -0.2) is 27.8 Å². The Hall–Kier alpha value is -3.06. The number of methoxy groups -OCH3 is 1. The Kier molecular flexibility index (Phi) is 4.68. The van der Waals surface area contributed by atoms with Gasteiger partial charge in [0.05, 0.1) is 19.6 Å². The summed E-state index contributed by atoms with van der Waals surface area (Å²) in [5.41, 5.74) is 1.90. The third-order valence-corrected chi connectivity index (χ3v) is 4.63. The number of hydrogen-bond donors (Lipinski definition) is 1. The fourth-order valence-electron chi connectivity index (χ4n) is 3.02. The molecule has 7 nitrogen and oxygen atoms in total. The van der Waals surface area contributed by atoms with Gasteiger partial charge in [-0.3, -0.25) is 10.1 Å². The SMILES string of the molecule is COc1cc([C@H]2CC(=O)Nc3ncnn32)ccc1OCc1ccc(Cl)cc1. The van der Waals surface area contributed by atoms with E-state index in [4.69, 9.17) is 21.1 Å². The summed E-state index contributed by atoms with van der Waals surface area (Å²) >= 11 is 5.90. The summed E-state index contributed by atoms with van der Waals surface area (Å²) in [5.74, 6) is 1.56. The number of hydrogen-bond acceptors (Lipinski definition) is 5. The zero-order valence-corrected chi connectivity index (χ0v) is 15.3. The van der Waals surface area contributed by atoms with E-state index in [1.54, 1.807) is 11.8 Å². The van der Waals surface area contributed by atoms with Crippen molar-refractivity contribution in [1.29, 1.82) is 0 Å². The van der Waals surface area contributed by atoms with Crippen LogP contribution in [0.4, 0.5) is 5.95 Å². The molecule has 2 aromatic carbocycles. The van der Waals surface area contributed by atoms with Crippen molar-refractivity contribution < 1.29 is 14.3 Å². The first-order chi connectivity index (χ1) is 13.1. The second-order valence-electron chi connectivity index (χ2n) is 6.12. The van der Waals surface area contributed by atoms with Crippen LogP contribution in [0.15, 0.2) is 48.8 Å². The first-order valence-electron chi connectivity index (χ1n) is 8.38. The van der Waals surface area contributed by atoms with Crippen LogP contribution >= 0.6 is 11.6 Å². The lowest BCUT2D eigenvalue weighted by molar-refractivity contribution is -0.117. The Morgan fingerprint density at radius 3 is 2.81 bits per heavy atom. The van der Waals surface area contributed by atoms with Crippen LogP contribution in [0.5, 0.6) is 11.5 Å². The molecule has 0 spiro atoms. The van der Waals surface area contributed by atoms with Crippen molar-refractivity contribution in [2.24, 2.45) is 0 Å². The molecule has 2 heterocycles. The van der Waals surface area contributed by atoms with Crippen molar-refractivity contribution in [2.45, 2.75) is 19.1 Å². The van der Waals surface area contributed by atoms with Gasteiger partial charge in [-0.05, 0) is 35.4 Å². The van der Waals surface area contributed by atoms with Gasteiger partial charge in [0.1, 0.15) is 12.9 Å². The number of halogens is 1. The van der Waals surface area contributed by atoms with Gasteiger partial charge in [-0.15, -0.1) is 0 Å². The summed E-state index contributed by atoms with van der Waals surface area (Å²) in [6.45, 7) is 0.395. The lowest BCUT2D eigenvalue weighted by Crippen LogP contribution is -2.29. The third kappa shape index (κ3) is 3.59. The summed E-state index contributed by atoms with van der Waals surface area (Å²) in [6, 6.07) is 12.9. The van der Waals surface area contributed by atoms with E-state index in [-0.39, 0.29) is 18.4 Å². The lowest BCUT2D eigenvalue weighted by atomic mass is 10.0. The normalized spacial score (nSPS) is 15.8. The molecule has 1 amide bonds. The predicted octanol–water partition coefficient (Wildman–Crippen LogP) is 3.45. The Morgan fingerprint density at radius 1 is 1.22 bits per heavy atom. The van der Waals surface area contributed by atoms with Crippen LogP contribution in [0.1, 0.15) is 23.6 Å². The van der Waals surface area contributed by atoms with Crippen molar-refractivity contribution in [3.05, 3.63) is 64.9 Å². The standard InChI is InChI=1S/C19H17ClN4O3/c1-26-17-8-13(15-9-18(25)23-19-21-11-22-24(15)19)4-7-16(17)27-10-12-2-5-14(20)6-3-12/h2-8,11,15H,9-10H2,1H3,(H,21,22,23,25)/t15-/m1/s1. The van der Waals surface area contributed by atoms with Gasteiger partial charge in [0.15, 0.2) is 11.5 Å². The van der Waals surface area contributed by atoms with Crippen LogP contribution in [0.2, 0.25) is 5.02 Å². The van der Waals surface area contributed by atoms with Gasteiger partial charge >= 0.3 is 0 Å². The number of amides is 1. The molecular weight excluding hydrogens is 368 g/mol. The second kappa shape index (κ2) is 7.28. The molecule has 0 unspecified atom stereocenters. The number of benzene rings is 2. The van der Waals surface area contributed by atoms with E-state index in [1.165, 1.54) is 6.33 Å². The zero-order valence-electron chi connectivity index (χ0n) is 14.6.